The number of aryl methyl sites for hydroxylation is 1. The molecule has 0 atom stereocenters. The molecule has 0 saturated carbocycles. The highest BCUT2D eigenvalue weighted by atomic mass is 19.1. The number of nitrogens with two attached hydrogens (primary N) is 1. The Kier molecular flexibility index (Phi) is 2.11. The van der Waals surface area contributed by atoms with E-state index in [1.54, 1.807) is 6.92 Å². The first kappa shape index (κ1) is 9.57. The first-order valence-corrected chi connectivity index (χ1v) is 4.22. The molecule has 0 fully saturated rings. The molecule has 0 aliphatic carbocycles. The molecular weight excluding hydrogens is 202 g/mol. The Morgan fingerprint density at radius 2 is 1.93 bits per heavy atom. The van der Waals surface area contributed by atoms with Crippen LogP contribution in [0.5, 0.6) is 0 Å². The number of hydrogen-bond acceptors (Lipinski definition) is 3. The van der Waals surface area contributed by atoms with Crippen molar-refractivity contribution in [3.8, 4) is 11.3 Å². The number of nitrogen functional groups attached to an aromatic ring is 1. The number of halogens is 2. The van der Waals surface area contributed by atoms with Crippen molar-refractivity contribution < 1.29 is 8.78 Å². The van der Waals surface area contributed by atoms with E-state index in [-0.39, 0.29) is 17.1 Å². The molecule has 2 rings (SSSR count). The average Bonchev–Trinajstić information content (AvgIpc) is 2.45. The Morgan fingerprint density at radius 3 is 2.47 bits per heavy atom. The predicted octanol–water partition coefficient (Wildman–Crippen LogP) is 1.64. The summed E-state index contributed by atoms with van der Waals surface area (Å²) in [5.41, 5.74) is 5.28. The van der Waals surface area contributed by atoms with Gasteiger partial charge in [-0.15, -0.1) is 0 Å². The molecular formula is C9H8F2N4. The van der Waals surface area contributed by atoms with Gasteiger partial charge in [-0.1, -0.05) is 0 Å². The molecule has 0 bridgehead atoms. The highest BCUT2D eigenvalue weighted by Gasteiger charge is 2.14. The molecule has 2 aromatic rings. The van der Waals surface area contributed by atoms with Crippen LogP contribution in [0.15, 0.2) is 12.1 Å². The largest absolute Gasteiger partial charge is 0.384 e. The summed E-state index contributed by atoms with van der Waals surface area (Å²) in [6.45, 7) is 1.58. The standard InChI is InChI=1S/C9H8F2N4/c1-4-13-7(9(11)14-4)5-2-3-6(12)15-8(5)10/h2-3H,1H3,(H2,12,15)(H,13,14). The highest BCUT2D eigenvalue weighted by molar-refractivity contribution is 5.60. The molecule has 0 aliphatic rings. The summed E-state index contributed by atoms with van der Waals surface area (Å²) in [5, 5.41) is 0. The number of anilines is 1. The van der Waals surface area contributed by atoms with Gasteiger partial charge in [-0.3, -0.25) is 0 Å². The van der Waals surface area contributed by atoms with Gasteiger partial charge in [0.15, 0.2) is 0 Å². The minimum absolute atomic E-state index is 0.0160. The maximum absolute atomic E-state index is 13.3. The lowest BCUT2D eigenvalue weighted by Crippen LogP contribution is -1.96. The van der Waals surface area contributed by atoms with Crippen molar-refractivity contribution in [2.75, 3.05) is 5.73 Å². The third kappa shape index (κ3) is 1.65. The van der Waals surface area contributed by atoms with E-state index in [4.69, 9.17) is 5.73 Å². The van der Waals surface area contributed by atoms with Crippen molar-refractivity contribution in [1.82, 2.24) is 15.0 Å². The minimum atomic E-state index is -0.822. The molecule has 0 unspecified atom stereocenters. The summed E-state index contributed by atoms with van der Waals surface area (Å²) in [7, 11) is 0. The lowest BCUT2D eigenvalue weighted by atomic mass is 10.2. The number of hydrogen-bond donors (Lipinski definition) is 2. The van der Waals surface area contributed by atoms with Crippen LogP contribution in [0.25, 0.3) is 11.3 Å². The summed E-state index contributed by atoms with van der Waals surface area (Å²) < 4.78 is 26.5. The van der Waals surface area contributed by atoms with Gasteiger partial charge in [-0.05, 0) is 19.1 Å². The van der Waals surface area contributed by atoms with Crippen LogP contribution < -0.4 is 5.73 Å². The Bertz CT molecular complexity index is 507. The van der Waals surface area contributed by atoms with Crippen LogP contribution in [0.3, 0.4) is 0 Å². The summed E-state index contributed by atoms with van der Waals surface area (Å²) in [4.78, 5) is 9.51. The zero-order valence-corrected chi connectivity index (χ0v) is 7.88. The van der Waals surface area contributed by atoms with Gasteiger partial charge in [-0.2, -0.15) is 8.78 Å². The van der Waals surface area contributed by atoms with Crippen LogP contribution in [0, 0.1) is 18.8 Å². The smallest absolute Gasteiger partial charge is 0.239 e. The van der Waals surface area contributed by atoms with E-state index in [1.165, 1.54) is 12.1 Å². The van der Waals surface area contributed by atoms with Crippen molar-refractivity contribution in [2.24, 2.45) is 0 Å². The summed E-state index contributed by atoms with van der Waals surface area (Å²) in [5.74, 6) is -1.15. The van der Waals surface area contributed by atoms with Crippen molar-refractivity contribution in [3.05, 3.63) is 29.9 Å². The van der Waals surface area contributed by atoms with Gasteiger partial charge in [0, 0.05) is 0 Å². The van der Waals surface area contributed by atoms with E-state index < -0.39 is 11.9 Å². The third-order valence-corrected chi connectivity index (χ3v) is 1.92. The predicted molar refractivity (Wildman–Crippen MR) is 50.9 cm³/mol. The zero-order valence-electron chi connectivity index (χ0n) is 7.88. The number of pyridine rings is 1. The molecule has 0 radical (unpaired) electrons. The fourth-order valence-electron chi connectivity index (χ4n) is 1.28. The fraction of sp³-hybridized carbons (Fsp3) is 0.111. The third-order valence-electron chi connectivity index (χ3n) is 1.92. The van der Waals surface area contributed by atoms with Crippen LogP contribution in [0.4, 0.5) is 14.6 Å². The van der Waals surface area contributed by atoms with Gasteiger partial charge in [0.1, 0.15) is 17.3 Å². The van der Waals surface area contributed by atoms with Gasteiger partial charge >= 0.3 is 0 Å². The fourth-order valence-corrected chi connectivity index (χ4v) is 1.28. The number of nitrogens with zero attached hydrogens (tertiary/aromatic N) is 2. The topological polar surface area (TPSA) is 67.6 Å². The van der Waals surface area contributed by atoms with Crippen molar-refractivity contribution in [3.63, 3.8) is 0 Å². The lowest BCUT2D eigenvalue weighted by molar-refractivity contribution is 0.575. The number of aromatic amines is 1. The van der Waals surface area contributed by atoms with Crippen molar-refractivity contribution in [2.45, 2.75) is 6.92 Å². The maximum atomic E-state index is 13.3. The van der Waals surface area contributed by atoms with Gasteiger partial charge < -0.3 is 10.7 Å². The van der Waals surface area contributed by atoms with Gasteiger partial charge in [0.05, 0.1) is 5.56 Å². The first-order valence-electron chi connectivity index (χ1n) is 4.22. The van der Waals surface area contributed by atoms with Crippen LogP contribution in [-0.4, -0.2) is 15.0 Å². The summed E-state index contributed by atoms with van der Waals surface area (Å²) in [6.07, 6.45) is 0. The van der Waals surface area contributed by atoms with Gasteiger partial charge in [-0.25, -0.2) is 9.97 Å². The zero-order chi connectivity index (χ0) is 11.0. The first-order chi connectivity index (χ1) is 7.08. The molecule has 3 N–H and O–H groups in total. The summed E-state index contributed by atoms with van der Waals surface area (Å²) in [6, 6.07) is 2.75. The number of aromatic nitrogens is 3. The molecule has 2 heterocycles. The molecule has 0 aliphatic heterocycles. The highest BCUT2D eigenvalue weighted by Crippen LogP contribution is 2.23. The molecule has 2 aromatic heterocycles. The van der Waals surface area contributed by atoms with E-state index in [1.807, 2.05) is 0 Å². The van der Waals surface area contributed by atoms with Crippen LogP contribution in [0.1, 0.15) is 5.82 Å². The Balaban J connectivity index is 2.59. The molecule has 0 saturated heterocycles. The van der Waals surface area contributed by atoms with Crippen molar-refractivity contribution >= 4 is 5.82 Å². The van der Waals surface area contributed by atoms with E-state index in [0.29, 0.717) is 5.82 Å². The molecule has 0 spiro atoms. The van der Waals surface area contributed by atoms with Crippen LogP contribution in [-0.2, 0) is 0 Å². The molecule has 78 valence electrons. The monoisotopic (exact) mass is 210 g/mol. The molecule has 0 aromatic carbocycles. The Hall–Kier alpha value is -1.98. The van der Waals surface area contributed by atoms with E-state index in [0.717, 1.165) is 0 Å². The normalized spacial score (nSPS) is 10.6. The van der Waals surface area contributed by atoms with Crippen LogP contribution >= 0.6 is 0 Å². The second kappa shape index (κ2) is 3.30. The van der Waals surface area contributed by atoms with Crippen molar-refractivity contribution in [1.29, 1.82) is 0 Å². The molecule has 0 amide bonds. The van der Waals surface area contributed by atoms with Crippen LogP contribution in [0.2, 0.25) is 0 Å². The number of H-pyrrole nitrogens is 1. The molecule has 15 heavy (non-hydrogen) atoms. The lowest BCUT2D eigenvalue weighted by Gasteiger charge is -2.00. The second-order valence-corrected chi connectivity index (χ2v) is 3.06. The quantitative estimate of drug-likeness (QED) is 0.703. The minimum Gasteiger partial charge on any atom is -0.384 e. The number of nitrogens with one attached hydrogen (secondary N) is 1. The van der Waals surface area contributed by atoms with E-state index in [9.17, 15) is 8.78 Å². The van der Waals surface area contributed by atoms with Gasteiger partial charge in [0.2, 0.25) is 11.9 Å². The number of imidazole rings is 1. The summed E-state index contributed by atoms with van der Waals surface area (Å²) >= 11 is 0. The van der Waals surface area contributed by atoms with E-state index in [2.05, 4.69) is 15.0 Å². The van der Waals surface area contributed by atoms with Gasteiger partial charge in [0.25, 0.3) is 0 Å². The Morgan fingerprint density at radius 1 is 1.20 bits per heavy atom. The van der Waals surface area contributed by atoms with E-state index >= 15 is 0 Å². The SMILES string of the molecule is Cc1nc(F)c(-c2ccc(N)nc2F)[nH]1. The second-order valence-electron chi connectivity index (χ2n) is 3.06. The molecule has 6 heteroatoms. The molecule has 4 nitrogen and oxygen atoms in total. The Labute approximate surface area is 84.2 Å². The number of rotatable bonds is 1. The maximum Gasteiger partial charge on any atom is 0.239 e. The average molecular weight is 210 g/mol.